The second-order valence-electron chi connectivity index (χ2n) is 7.98. The standard InChI is InChI=1S/C25H35N3O5S/c1-5-33-23-15-13-22(14-16-23)28(34(4,31)32)18-9-12-24(29)27(20(2)25(30)26-3)19-17-21-10-7-6-8-11-21/h6-8,10-11,13-16,20H,5,9,12,17-19H2,1-4H3,(H,26,30)/t20-/m1/s1. The van der Waals surface area contributed by atoms with Crippen LogP contribution in [0.5, 0.6) is 5.75 Å². The Hall–Kier alpha value is -3.07. The first-order valence-electron chi connectivity index (χ1n) is 11.4. The van der Waals surface area contributed by atoms with Crippen molar-refractivity contribution in [3.05, 3.63) is 60.2 Å². The molecule has 0 fully saturated rings. The number of sulfonamides is 1. The zero-order chi connectivity index (χ0) is 25.1. The fourth-order valence-corrected chi connectivity index (χ4v) is 4.62. The third kappa shape index (κ3) is 8.06. The number of anilines is 1. The van der Waals surface area contributed by atoms with Crippen molar-refractivity contribution in [2.45, 2.75) is 39.2 Å². The number of amides is 2. The zero-order valence-electron chi connectivity index (χ0n) is 20.4. The van der Waals surface area contributed by atoms with Gasteiger partial charge in [0.15, 0.2) is 0 Å². The van der Waals surface area contributed by atoms with E-state index in [2.05, 4.69) is 5.32 Å². The van der Waals surface area contributed by atoms with Gasteiger partial charge < -0.3 is 15.0 Å². The number of nitrogens with one attached hydrogen (secondary N) is 1. The molecule has 34 heavy (non-hydrogen) atoms. The summed E-state index contributed by atoms with van der Waals surface area (Å²) in [6.45, 7) is 4.64. The first-order valence-corrected chi connectivity index (χ1v) is 13.3. The third-order valence-electron chi connectivity index (χ3n) is 5.49. The van der Waals surface area contributed by atoms with Gasteiger partial charge in [0, 0.05) is 26.6 Å². The van der Waals surface area contributed by atoms with Crippen LogP contribution >= 0.6 is 0 Å². The molecule has 0 spiro atoms. The maximum Gasteiger partial charge on any atom is 0.242 e. The molecule has 8 nitrogen and oxygen atoms in total. The van der Waals surface area contributed by atoms with E-state index < -0.39 is 16.1 Å². The summed E-state index contributed by atoms with van der Waals surface area (Å²) < 4.78 is 31.5. The molecule has 0 bridgehead atoms. The van der Waals surface area contributed by atoms with Gasteiger partial charge in [0.2, 0.25) is 21.8 Å². The molecule has 0 saturated heterocycles. The molecule has 0 aliphatic rings. The Labute approximate surface area is 202 Å². The van der Waals surface area contributed by atoms with Crippen LogP contribution < -0.4 is 14.4 Å². The van der Waals surface area contributed by atoms with E-state index in [1.54, 1.807) is 43.1 Å². The highest BCUT2D eigenvalue weighted by atomic mass is 32.2. The lowest BCUT2D eigenvalue weighted by Gasteiger charge is -2.29. The molecule has 0 heterocycles. The van der Waals surface area contributed by atoms with Crippen molar-refractivity contribution in [3.63, 3.8) is 0 Å². The topological polar surface area (TPSA) is 96.0 Å². The van der Waals surface area contributed by atoms with Crippen LogP contribution in [-0.2, 0) is 26.0 Å². The van der Waals surface area contributed by atoms with Gasteiger partial charge in [-0.1, -0.05) is 30.3 Å². The van der Waals surface area contributed by atoms with Gasteiger partial charge in [0.25, 0.3) is 0 Å². The Bertz CT molecular complexity index is 1030. The summed E-state index contributed by atoms with van der Waals surface area (Å²) in [7, 11) is -2.00. The number of nitrogens with zero attached hydrogens (tertiary/aromatic N) is 2. The van der Waals surface area contributed by atoms with Gasteiger partial charge in [-0.15, -0.1) is 0 Å². The van der Waals surface area contributed by atoms with Gasteiger partial charge in [-0.25, -0.2) is 8.42 Å². The minimum atomic E-state index is -3.54. The molecular weight excluding hydrogens is 454 g/mol. The van der Waals surface area contributed by atoms with Crippen molar-refractivity contribution in [2.75, 3.05) is 37.3 Å². The summed E-state index contributed by atoms with van der Waals surface area (Å²) >= 11 is 0. The number of hydrogen-bond acceptors (Lipinski definition) is 5. The Morgan fingerprint density at radius 3 is 2.24 bits per heavy atom. The first-order chi connectivity index (χ1) is 16.2. The minimum Gasteiger partial charge on any atom is -0.494 e. The molecule has 1 N–H and O–H groups in total. The highest BCUT2D eigenvalue weighted by Gasteiger charge is 2.25. The van der Waals surface area contributed by atoms with E-state index >= 15 is 0 Å². The summed E-state index contributed by atoms with van der Waals surface area (Å²) in [5.74, 6) is 0.230. The van der Waals surface area contributed by atoms with Gasteiger partial charge >= 0.3 is 0 Å². The average Bonchev–Trinajstić information content (AvgIpc) is 2.82. The van der Waals surface area contributed by atoms with Crippen molar-refractivity contribution >= 4 is 27.5 Å². The molecule has 0 aliphatic carbocycles. The van der Waals surface area contributed by atoms with E-state index in [-0.39, 0.29) is 24.8 Å². The number of benzene rings is 2. The van der Waals surface area contributed by atoms with Crippen LogP contribution in [-0.4, -0.2) is 64.2 Å². The largest absolute Gasteiger partial charge is 0.494 e. The van der Waals surface area contributed by atoms with E-state index in [1.165, 1.54) is 4.31 Å². The minimum absolute atomic E-state index is 0.124. The Morgan fingerprint density at radius 2 is 1.68 bits per heavy atom. The molecule has 0 saturated carbocycles. The quantitative estimate of drug-likeness (QED) is 0.467. The molecule has 2 aromatic carbocycles. The van der Waals surface area contributed by atoms with Gasteiger partial charge in [-0.2, -0.15) is 0 Å². The Balaban J connectivity index is 2.06. The first kappa shape index (κ1) is 27.2. The molecule has 2 amide bonds. The molecule has 2 aromatic rings. The lowest BCUT2D eigenvalue weighted by Crippen LogP contribution is -2.48. The maximum absolute atomic E-state index is 13.1. The van der Waals surface area contributed by atoms with E-state index in [9.17, 15) is 18.0 Å². The predicted octanol–water partition coefficient (Wildman–Crippen LogP) is 2.84. The average molecular weight is 490 g/mol. The SMILES string of the molecule is CCOc1ccc(N(CCCC(=O)N(CCc2ccccc2)[C@H](C)C(=O)NC)S(C)(=O)=O)cc1. The van der Waals surface area contributed by atoms with Crippen LogP contribution in [0.2, 0.25) is 0 Å². The molecule has 1 atom stereocenters. The van der Waals surface area contributed by atoms with Crippen LogP contribution in [0, 0.1) is 0 Å². The molecule has 2 rings (SSSR count). The highest BCUT2D eigenvalue weighted by Crippen LogP contribution is 2.22. The lowest BCUT2D eigenvalue weighted by atomic mass is 10.1. The maximum atomic E-state index is 13.1. The van der Waals surface area contributed by atoms with E-state index in [0.717, 1.165) is 11.8 Å². The van der Waals surface area contributed by atoms with Crippen molar-refractivity contribution in [2.24, 2.45) is 0 Å². The Morgan fingerprint density at radius 1 is 1.03 bits per heavy atom. The summed E-state index contributed by atoms with van der Waals surface area (Å²) in [4.78, 5) is 26.9. The van der Waals surface area contributed by atoms with Crippen molar-refractivity contribution in [1.29, 1.82) is 0 Å². The van der Waals surface area contributed by atoms with Gasteiger partial charge in [0.1, 0.15) is 11.8 Å². The molecule has 0 aromatic heterocycles. The van der Waals surface area contributed by atoms with E-state index in [1.807, 2.05) is 37.3 Å². The lowest BCUT2D eigenvalue weighted by molar-refractivity contribution is -0.139. The summed E-state index contributed by atoms with van der Waals surface area (Å²) in [5.41, 5.74) is 1.58. The van der Waals surface area contributed by atoms with Crippen molar-refractivity contribution in [3.8, 4) is 5.75 Å². The zero-order valence-corrected chi connectivity index (χ0v) is 21.2. The summed E-state index contributed by atoms with van der Waals surface area (Å²) in [6, 6.07) is 15.9. The van der Waals surface area contributed by atoms with Crippen LogP contribution in [0.1, 0.15) is 32.3 Å². The number of hydrogen-bond donors (Lipinski definition) is 1. The van der Waals surface area contributed by atoms with Crippen LogP contribution in [0.4, 0.5) is 5.69 Å². The molecule has 9 heteroatoms. The van der Waals surface area contributed by atoms with Crippen LogP contribution in [0.3, 0.4) is 0 Å². The fourth-order valence-electron chi connectivity index (χ4n) is 3.66. The Kier molecular flexibility index (Phi) is 10.4. The number of rotatable bonds is 13. The molecule has 186 valence electrons. The van der Waals surface area contributed by atoms with Crippen molar-refractivity contribution < 1.29 is 22.7 Å². The fraction of sp³-hybridized carbons (Fsp3) is 0.440. The van der Waals surface area contributed by atoms with Gasteiger partial charge in [0.05, 0.1) is 18.6 Å². The van der Waals surface area contributed by atoms with E-state index in [4.69, 9.17) is 4.74 Å². The molecular formula is C25H35N3O5S. The summed E-state index contributed by atoms with van der Waals surface area (Å²) in [6.07, 6.45) is 2.21. The number of ether oxygens (including phenoxy) is 1. The second-order valence-corrected chi connectivity index (χ2v) is 9.89. The van der Waals surface area contributed by atoms with Gasteiger partial charge in [-0.05, 0) is 56.5 Å². The highest BCUT2D eigenvalue weighted by molar-refractivity contribution is 7.92. The monoisotopic (exact) mass is 489 g/mol. The normalized spacial score (nSPS) is 12.0. The third-order valence-corrected chi connectivity index (χ3v) is 6.68. The second kappa shape index (κ2) is 13.0. The molecule has 0 unspecified atom stereocenters. The smallest absolute Gasteiger partial charge is 0.242 e. The van der Waals surface area contributed by atoms with Crippen LogP contribution in [0.25, 0.3) is 0 Å². The molecule has 0 radical (unpaired) electrons. The number of likely N-dealkylation sites (N-methyl/N-ethyl adjacent to an activating group) is 1. The van der Waals surface area contributed by atoms with Crippen molar-refractivity contribution in [1.82, 2.24) is 10.2 Å². The van der Waals surface area contributed by atoms with E-state index in [0.29, 0.717) is 37.4 Å². The van der Waals surface area contributed by atoms with Gasteiger partial charge in [-0.3, -0.25) is 13.9 Å². The predicted molar refractivity (Wildman–Crippen MR) is 134 cm³/mol. The van der Waals surface area contributed by atoms with Crippen LogP contribution in [0.15, 0.2) is 54.6 Å². The number of carbonyl (C=O) groups excluding carboxylic acids is 2. The summed E-state index contributed by atoms with van der Waals surface area (Å²) in [5, 5.41) is 2.60. The molecule has 0 aliphatic heterocycles. The number of carbonyl (C=O) groups is 2.